The lowest BCUT2D eigenvalue weighted by Gasteiger charge is -2.08. The molecule has 1 aromatic rings. The van der Waals surface area contributed by atoms with Crippen molar-refractivity contribution >= 4 is 49.2 Å². The smallest absolute Gasteiger partial charge is 0.143 e. The summed E-state index contributed by atoms with van der Waals surface area (Å²) in [5.74, 6) is 0.122. The van der Waals surface area contributed by atoms with Crippen LogP contribution >= 0.6 is 43.5 Å². The SMILES string of the molecule is CC(=O)C(Br)Cc1cc(Cl)ccc1Br. The van der Waals surface area contributed by atoms with Crippen LogP contribution in [0.4, 0.5) is 0 Å². The molecule has 0 fully saturated rings. The molecule has 1 atom stereocenters. The van der Waals surface area contributed by atoms with E-state index in [0.717, 1.165) is 10.0 Å². The molecular weight excluding hydrogens is 331 g/mol. The Labute approximate surface area is 105 Å². The minimum absolute atomic E-state index is 0.122. The maximum atomic E-state index is 11.0. The monoisotopic (exact) mass is 338 g/mol. The number of carbonyl (C=O) groups excluding carboxylic acids is 1. The lowest BCUT2D eigenvalue weighted by Crippen LogP contribution is -2.12. The molecule has 1 rings (SSSR count). The van der Waals surface area contributed by atoms with E-state index in [9.17, 15) is 4.79 Å². The van der Waals surface area contributed by atoms with Gasteiger partial charge in [-0.3, -0.25) is 4.79 Å². The van der Waals surface area contributed by atoms with Crippen LogP contribution in [0.3, 0.4) is 0 Å². The fourth-order valence-corrected chi connectivity index (χ4v) is 1.99. The molecule has 0 aliphatic carbocycles. The van der Waals surface area contributed by atoms with E-state index in [1.807, 2.05) is 18.2 Å². The molecule has 14 heavy (non-hydrogen) atoms. The van der Waals surface area contributed by atoms with Gasteiger partial charge in [0.15, 0.2) is 0 Å². The van der Waals surface area contributed by atoms with E-state index < -0.39 is 0 Å². The molecule has 1 aromatic carbocycles. The highest BCUT2D eigenvalue weighted by molar-refractivity contribution is 9.10. The third-order valence-corrected chi connectivity index (χ3v) is 3.83. The van der Waals surface area contributed by atoms with Crippen LogP contribution in [-0.4, -0.2) is 10.6 Å². The first-order valence-electron chi connectivity index (χ1n) is 4.09. The topological polar surface area (TPSA) is 17.1 Å². The highest BCUT2D eigenvalue weighted by atomic mass is 79.9. The molecular formula is C10H9Br2ClO. The zero-order chi connectivity index (χ0) is 10.7. The first kappa shape index (κ1) is 12.2. The molecule has 0 heterocycles. The predicted octanol–water partition coefficient (Wildman–Crippen LogP) is 4.00. The van der Waals surface area contributed by atoms with Gasteiger partial charge in [0.05, 0.1) is 4.83 Å². The third kappa shape index (κ3) is 3.37. The standard InChI is InChI=1S/C10H9Br2ClO/c1-6(14)10(12)5-7-4-8(13)2-3-9(7)11/h2-4,10H,5H2,1H3. The van der Waals surface area contributed by atoms with E-state index in [2.05, 4.69) is 31.9 Å². The van der Waals surface area contributed by atoms with E-state index in [1.54, 1.807) is 6.92 Å². The minimum Gasteiger partial charge on any atom is -0.299 e. The van der Waals surface area contributed by atoms with Crippen molar-refractivity contribution in [3.63, 3.8) is 0 Å². The second-order valence-corrected chi connectivity index (χ2v) is 5.41. The number of rotatable bonds is 3. The first-order valence-corrected chi connectivity index (χ1v) is 6.18. The van der Waals surface area contributed by atoms with Gasteiger partial charge in [-0.1, -0.05) is 43.5 Å². The number of Topliss-reactive ketones (excluding diaryl/α,β-unsaturated/α-hetero) is 1. The first-order chi connectivity index (χ1) is 6.50. The highest BCUT2D eigenvalue weighted by Crippen LogP contribution is 2.24. The maximum absolute atomic E-state index is 11.0. The summed E-state index contributed by atoms with van der Waals surface area (Å²) in [5, 5.41) is 0.687. The summed E-state index contributed by atoms with van der Waals surface area (Å²) in [5.41, 5.74) is 1.04. The molecule has 0 spiro atoms. The second kappa shape index (κ2) is 5.29. The van der Waals surface area contributed by atoms with E-state index in [-0.39, 0.29) is 10.6 Å². The molecule has 1 unspecified atom stereocenters. The predicted molar refractivity (Wildman–Crippen MR) is 66.3 cm³/mol. The normalized spacial score (nSPS) is 12.6. The van der Waals surface area contributed by atoms with Gasteiger partial charge in [0.2, 0.25) is 0 Å². The maximum Gasteiger partial charge on any atom is 0.143 e. The van der Waals surface area contributed by atoms with Gasteiger partial charge in [0.1, 0.15) is 5.78 Å². The zero-order valence-electron chi connectivity index (χ0n) is 7.56. The van der Waals surface area contributed by atoms with Crippen molar-refractivity contribution in [2.45, 2.75) is 18.2 Å². The average molecular weight is 340 g/mol. The van der Waals surface area contributed by atoms with Crippen LogP contribution in [0.2, 0.25) is 5.02 Å². The summed E-state index contributed by atoms with van der Waals surface area (Å²) in [4.78, 5) is 10.9. The number of ketones is 1. The molecule has 0 aliphatic heterocycles. The number of hydrogen-bond donors (Lipinski definition) is 0. The summed E-state index contributed by atoms with van der Waals surface area (Å²) in [6.45, 7) is 1.57. The van der Waals surface area contributed by atoms with Crippen LogP contribution in [0.1, 0.15) is 12.5 Å². The summed E-state index contributed by atoms with van der Waals surface area (Å²) in [7, 11) is 0. The van der Waals surface area contributed by atoms with Gasteiger partial charge in [-0.05, 0) is 37.1 Å². The van der Waals surface area contributed by atoms with Crippen LogP contribution in [-0.2, 0) is 11.2 Å². The molecule has 4 heteroatoms. The van der Waals surface area contributed by atoms with Crippen molar-refractivity contribution in [1.29, 1.82) is 0 Å². The average Bonchev–Trinajstić information content (AvgIpc) is 2.11. The molecule has 0 radical (unpaired) electrons. The number of alkyl halides is 1. The Morgan fingerprint density at radius 2 is 2.21 bits per heavy atom. The molecule has 0 bridgehead atoms. The summed E-state index contributed by atoms with van der Waals surface area (Å²) >= 11 is 12.6. The van der Waals surface area contributed by atoms with Gasteiger partial charge in [0.25, 0.3) is 0 Å². The highest BCUT2D eigenvalue weighted by Gasteiger charge is 2.12. The molecule has 0 N–H and O–H groups in total. The lowest BCUT2D eigenvalue weighted by atomic mass is 10.1. The summed E-state index contributed by atoms with van der Waals surface area (Å²) < 4.78 is 0.979. The quantitative estimate of drug-likeness (QED) is 0.760. The van der Waals surface area contributed by atoms with Crippen molar-refractivity contribution in [1.82, 2.24) is 0 Å². The Hall–Kier alpha value is 0.140. The van der Waals surface area contributed by atoms with Gasteiger partial charge < -0.3 is 0 Å². The van der Waals surface area contributed by atoms with Crippen LogP contribution in [0.15, 0.2) is 22.7 Å². The van der Waals surface area contributed by atoms with E-state index in [0.29, 0.717) is 11.4 Å². The fourth-order valence-electron chi connectivity index (χ4n) is 1.04. The van der Waals surface area contributed by atoms with Crippen molar-refractivity contribution in [2.24, 2.45) is 0 Å². The largest absolute Gasteiger partial charge is 0.299 e. The summed E-state index contributed by atoms with van der Waals surface area (Å²) in [6.07, 6.45) is 0.649. The summed E-state index contributed by atoms with van der Waals surface area (Å²) in [6, 6.07) is 5.56. The molecule has 0 aromatic heterocycles. The molecule has 0 amide bonds. The van der Waals surface area contributed by atoms with Gasteiger partial charge >= 0.3 is 0 Å². The number of carbonyl (C=O) groups is 1. The Kier molecular flexibility index (Phi) is 4.61. The molecule has 0 saturated heterocycles. The lowest BCUT2D eigenvalue weighted by molar-refractivity contribution is -0.116. The third-order valence-electron chi connectivity index (χ3n) is 1.85. The Morgan fingerprint density at radius 1 is 1.57 bits per heavy atom. The number of benzene rings is 1. The molecule has 1 nitrogen and oxygen atoms in total. The van der Waals surface area contributed by atoms with Crippen LogP contribution < -0.4 is 0 Å². The van der Waals surface area contributed by atoms with Crippen LogP contribution in [0.25, 0.3) is 0 Å². The van der Waals surface area contributed by atoms with Crippen molar-refractivity contribution in [3.05, 3.63) is 33.3 Å². The minimum atomic E-state index is -0.141. The van der Waals surface area contributed by atoms with Crippen molar-refractivity contribution in [3.8, 4) is 0 Å². The van der Waals surface area contributed by atoms with Gasteiger partial charge in [-0.15, -0.1) is 0 Å². The molecule has 0 saturated carbocycles. The van der Waals surface area contributed by atoms with Crippen molar-refractivity contribution in [2.75, 3.05) is 0 Å². The Bertz CT molecular complexity index is 352. The van der Waals surface area contributed by atoms with E-state index in [1.165, 1.54) is 0 Å². The molecule has 76 valence electrons. The van der Waals surface area contributed by atoms with Crippen molar-refractivity contribution < 1.29 is 4.79 Å². The second-order valence-electron chi connectivity index (χ2n) is 3.02. The van der Waals surface area contributed by atoms with Gasteiger partial charge in [-0.25, -0.2) is 0 Å². The van der Waals surface area contributed by atoms with Gasteiger partial charge in [-0.2, -0.15) is 0 Å². The van der Waals surface area contributed by atoms with Gasteiger partial charge in [0, 0.05) is 9.50 Å². The van der Waals surface area contributed by atoms with E-state index in [4.69, 9.17) is 11.6 Å². The number of hydrogen-bond acceptors (Lipinski definition) is 1. The molecule has 0 aliphatic rings. The Morgan fingerprint density at radius 3 is 2.79 bits per heavy atom. The van der Waals surface area contributed by atoms with Crippen LogP contribution in [0, 0.1) is 0 Å². The Balaban J connectivity index is 2.85. The zero-order valence-corrected chi connectivity index (χ0v) is 11.5. The van der Waals surface area contributed by atoms with E-state index >= 15 is 0 Å². The number of halogens is 3. The van der Waals surface area contributed by atoms with Crippen LogP contribution in [0.5, 0.6) is 0 Å². The fraction of sp³-hybridized carbons (Fsp3) is 0.300.